The predicted molar refractivity (Wildman–Crippen MR) is 132 cm³/mol. The molecule has 1 aromatic carbocycles. The number of ether oxygens (including phenoxy) is 2. The smallest absolute Gasteiger partial charge is 0.258 e. The Balaban J connectivity index is 1.49. The van der Waals surface area contributed by atoms with E-state index in [0.717, 1.165) is 40.8 Å². The van der Waals surface area contributed by atoms with Crippen LogP contribution in [0.3, 0.4) is 0 Å². The maximum Gasteiger partial charge on any atom is 0.258 e. The number of carbonyl (C=O) groups is 1. The van der Waals surface area contributed by atoms with Crippen LogP contribution in [0, 0.1) is 13.8 Å². The van der Waals surface area contributed by atoms with Gasteiger partial charge < -0.3 is 29.5 Å². The third kappa shape index (κ3) is 6.19. The van der Waals surface area contributed by atoms with Crippen molar-refractivity contribution in [2.75, 3.05) is 19.8 Å². The number of benzene rings is 1. The molecular weight excluding hydrogens is 464 g/mol. The van der Waals surface area contributed by atoms with Gasteiger partial charge in [0.1, 0.15) is 31.2 Å². The van der Waals surface area contributed by atoms with Gasteiger partial charge in [-0.15, -0.1) is 0 Å². The minimum atomic E-state index is -0.911. The number of aryl methyl sites for hydroxylation is 3. The van der Waals surface area contributed by atoms with Crippen molar-refractivity contribution in [3.05, 3.63) is 41.1 Å². The summed E-state index contributed by atoms with van der Waals surface area (Å²) in [6.45, 7) is 5.19. The zero-order valence-corrected chi connectivity index (χ0v) is 20.8. The Morgan fingerprint density at radius 1 is 1.19 bits per heavy atom. The molecule has 0 unspecified atom stereocenters. The van der Waals surface area contributed by atoms with Crippen LogP contribution in [0.1, 0.15) is 43.0 Å². The summed E-state index contributed by atoms with van der Waals surface area (Å²) in [6, 6.07) is 7.57. The first-order valence-corrected chi connectivity index (χ1v) is 12.2. The number of aliphatic hydroxyl groups excluding tert-OH is 2. The summed E-state index contributed by atoms with van der Waals surface area (Å²) in [5.41, 5.74) is 4.15. The van der Waals surface area contributed by atoms with Gasteiger partial charge in [0.2, 0.25) is 17.6 Å². The summed E-state index contributed by atoms with van der Waals surface area (Å²) in [4.78, 5) is 20.2. The van der Waals surface area contributed by atoms with Crippen molar-refractivity contribution in [1.29, 1.82) is 0 Å². The average molecular weight is 497 g/mol. The van der Waals surface area contributed by atoms with Gasteiger partial charge in [0, 0.05) is 29.4 Å². The molecule has 1 fully saturated rings. The average Bonchev–Trinajstić information content (AvgIpc) is 3.33. The van der Waals surface area contributed by atoms with Gasteiger partial charge in [0.15, 0.2) is 0 Å². The first-order valence-electron chi connectivity index (χ1n) is 12.2. The largest absolute Gasteiger partial charge is 0.490 e. The zero-order valence-electron chi connectivity index (χ0n) is 20.8. The fraction of sp³-hybridized carbons (Fsp3) is 0.462. The molecule has 3 aromatic rings. The lowest BCUT2D eigenvalue weighted by Crippen LogP contribution is -2.36. The molecule has 1 atom stereocenters. The highest BCUT2D eigenvalue weighted by molar-refractivity contribution is 5.76. The lowest BCUT2D eigenvalue weighted by atomic mass is 9.96. The molecule has 10 heteroatoms. The van der Waals surface area contributed by atoms with Crippen molar-refractivity contribution >= 4 is 5.91 Å². The van der Waals surface area contributed by atoms with Gasteiger partial charge in [0.05, 0.1) is 0 Å². The molecule has 3 N–H and O–H groups in total. The molecule has 0 spiro atoms. The molecule has 10 nitrogen and oxygen atoms in total. The molecule has 2 heterocycles. The normalized spacial score (nSPS) is 14.2. The van der Waals surface area contributed by atoms with E-state index in [-0.39, 0.29) is 19.3 Å². The molecule has 0 aliphatic heterocycles. The number of nitrogens with zero attached hydrogens (tertiary/aromatic N) is 3. The van der Waals surface area contributed by atoms with E-state index in [4.69, 9.17) is 19.1 Å². The summed E-state index contributed by atoms with van der Waals surface area (Å²) in [5.74, 6) is 1.53. The number of nitrogens with one attached hydrogen (secondary N) is 1. The summed E-state index contributed by atoms with van der Waals surface area (Å²) in [5, 5.41) is 25.5. The lowest BCUT2D eigenvalue weighted by Gasteiger charge is -2.25. The molecule has 36 heavy (non-hydrogen) atoms. The van der Waals surface area contributed by atoms with Crippen LogP contribution in [0.25, 0.3) is 22.8 Å². The molecule has 0 bridgehead atoms. The molecule has 192 valence electrons. The van der Waals surface area contributed by atoms with E-state index in [2.05, 4.69) is 20.4 Å². The first-order chi connectivity index (χ1) is 17.4. The third-order valence-corrected chi connectivity index (χ3v) is 6.03. The Kier molecular flexibility index (Phi) is 8.17. The summed E-state index contributed by atoms with van der Waals surface area (Å²) >= 11 is 0. The first kappa shape index (κ1) is 25.6. The van der Waals surface area contributed by atoms with Gasteiger partial charge in [0.25, 0.3) is 5.89 Å². The molecule has 1 aliphatic carbocycles. The third-order valence-electron chi connectivity index (χ3n) is 6.03. The highest BCUT2D eigenvalue weighted by Crippen LogP contribution is 2.32. The van der Waals surface area contributed by atoms with E-state index in [1.165, 1.54) is 6.42 Å². The van der Waals surface area contributed by atoms with Crippen LogP contribution in [-0.2, 0) is 11.2 Å². The number of amides is 1. The quantitative estimate of drug-likeness (QED) is 0.365. The Bertz CT molecular complexity index is 1210. The molecule has 2 aromatic heterocycles. The molecule has 0 radical (unpaired) electrons. The van der Waals surface area contributed by atoms with Crippen molar-refractivity contribution in [2.24, 2.45) is 0 Å². The van der Waals surface area contributed by atoms with Gasteiger partial charge in [-0.2, -0.15) is 4.98 Å². The number of carbonyl (C=O) groups excluding carboxylic acids is 1. The molecule has 0 saturated heterocycles. The number of hydrogen-bond acceptors (Lipinski definition) is 9. The van der Waals surface area contributed by atoms with Gasteiger partial charge in [-0.25, -0.2) is 4.98 Å². The van der Waals surface area contributed by atoms with Crippen molar-refractivity contribution in [3.8, 4) is 34.5 Å². The molecule has 1 saturated carbocycles. The van der Waals surface area contributed by atoms with E-state index < -0.39 is 18.6 Å². The van der Waals surface area contributed by atoms with Crippen LogP contribution >= 0.6 is 0 Å². The van der Waals surface area contributed by atoms with Crippen LogP contribution in [0.15, 0.2) is 28.8 Å². The minimum Gasteiger partial charge on any atom is -0.490 e. The second-order valence-corrected chi connectivity index (χ2v) is 8.99. The lowest BCUT2D eigenvalue weighted by molar-refractivity contribution is -0.124. The Morgan fingerprint density at radius 2 is 2.00 bits per heavy atom. The number of aromatic nitrogens is 3. The van der Waals surface area contributed by atoms with Crippen molar-refractivity contribution in [2.45, 2.75) is 58.7 Å². The van der Waals surface area contributed by atoms with Crippen LogP contribution in [0.2, 0.25) is 0 Å². The number of hydrogen-bond donors (Lipinski definition) is 3. The fourth-order valence-corrected chi connectivity index (χ4v) is 3.91. The fourth-order valence-electron chi connectivity index (χ4n) is 3.91. The van der Waals surface area contributed by atoms with E-state index >= 15 is 0 Å². The zero-order chi connectivity index (χ0) is 25.7. The molecule has 1 amide bonds. The highest BCUT2D eigenvalue weighted by atomic mass is 16.5. The number of pyridine rings is 1. The van der Waals surface area contributed by atoms with E-state index in [9.17, 15) is 9.90 Å². The van der Waals surface area contributed by atoms with E-state index in [1.807, 2.05) is 45.0 Å². The molecule has 1 aliphatic rings. The van der Waals surface area contributed by atoms with Crippen molar-refractivity contribution < 1.29 is 29.0 Å². The second-order valence-electron chi connectivity index (χ2n) is 8.99. The van der Waals surface area contributed by atoms with E-state index in [1.54, 1.807) is 0 Å². The van der Waals surface area contributed by atoms with Gasteiger partial charge in [-0.1, -0.05) is 12.1 Å². The highest BCUT2D eigenvalue weighted by Gasteiger charge is 2.21. The van der Waals surface area contributed by atoms with E-state index in [0.29, 0.717) is 29.8 Å². The summed E-state index contributed by atoms with van der Waals surface area (Å²) in [6.07, 6.45) is 3.29. The maximum atomic E-state index is 11.2. The van der Waals surface area contributed by atoms with Gasteiger partial charge >= 0.3 is 0 Å². The predicted octanol–water partition coefficient (Wildman–Crippen LogP) is 2.76. The second kappa shape index (κ2) is 11.5. The number of rotatable bonds is 11. The number of aliphatic hydroxyl groups is 2. The maximum absolute atomic E-state index is 11.2. The summed E-state index contributed by atoms with van der Waals surface area (Å²) in [7, 11) is 0. The topological polar surface area (TPSA) is 140 Å². The Hall–Kier alpha value is -3.50. The van der Waals surface area contributed by atoms with Crippen molar-refractivity contribution in [3.63, 3.8) is 0 Å². The van der Waals surface area contributed by atoms with Crippen LogP contribution < -0.4 is 14.8 Å². The van der Waals surface area contributed by atoms with Gasteiger partial charge in [-0.05, 0) is 68.9 Å². The SMILES string of the molecule is CCc1cc(-c2noc(-c3cc(C)nc(OC4CCC4)c3)n2)cc(C)c1OC[C@@H](O)CNC(=O)CO. The Morgan fingerprint density at radius 3 is 2.69 bits per heavy atom. The molecular formula is C26H32N4O6. The Labute approximate surface area is 209 Å². The van der Waals surface area contributed by atoms with Crippen LogP contribution in [0.5, 0.6) is 11.6 Å². The standard InChI is InChI=1S/C26H32N4O6/c1-4-17-10-18(8-15(2)24(17)34-14-20(32)12-27-22(33)13-31)25-29-26(36-30-25)19-9-16(3)28-23(11-19)35-21-6-5-7-21/h8-11,20-21,31-32H,4-7,12-14H2,1-3H3,(H,27,33)/t20-/m0/s1. The van der Waals surface area contributed by atoms with Crippen LogP contribution in [0.4, 0.5) is 0 Å². The van der Waals surface area contributed by atoms with Crippen LogP contribution in [-0.4, -0.2) is 63.2 Å². The minimum absolute atomic E-state index is 0.00207. The van der Waals surface area contributed by atoms with Crippen molar-refractivity contribution in [1.82, 2.24) is 20.4 Å². The summed E-state index contributed by atoms with van der Waals surface area (Å²) < 4.78 is 17.4. The molecule has 4 rings (SSSR count). The van der Waals surface area contributed by atoms with Gasteiger partial charge in [-0.3, -0.25) is 4.79 Å². The monoisotopic (exact) mass is 496 g/mol.